The average molecular weight is 267 g/mol. The Kier molecular flexibility index (Phi) is 6.52. The first-order chi connectivity index (χ1) is 9.08. The van der Waals surface area contributed by atoms with Crippen LogP contribution < -0.4 is 16.6 Å². The van der Waals surface area contributed by atoms with Gasteiger partial charge in [-0.3, -0.25) is 0 Å². The van der Waals surface area contributed by atoms with Crippen LogP contribution in [0.2, 0.25) is 0 Å². The molecule has 0 bridgehead atoms. The van der Waals surface area contributed by atoms with Crippen molar-refractivity contribution in [2.45, 2.75) is 46.3 Å². The van der Waals surface area contributed by atoms with Crippen molar-refractivity contribution in [3.63, 3.8) is 0 Å². The predicted octanol–water partition coefficient (Wildman–Crippen LogP) is 2.15. The SMILES string of the molecule is CCC(C)CC(C)Nc1cc(NN)nc(COC)n1. The molecule has 2 unspecified atom stereocenters. The van der Waals surface area contributed by atoms with Crippen LogP contribution in [-0.4, -0.2) is 23.1 Å². The topological polar surface area (TPSA) is 85.1 Å². The lowest BCUT2D eigenvalue weighted by molar-refractivity contribution is 0.178. The molecule has 1 rings (SSSR count). The van der Waals surface area contributed by atoms with Crippen LogP contribution in [0, 0.1) is 5.92 Å². The minimum atomic E-state index is 0.353. The van der Waals surface area contributed by atoms with Gasteiger partial charge in [-0.25, -0.2) is 15.8 Å². The van der Waals surface area contributed by atoms with Crippen molar-refractivity contribution < 1.29 is 4.74 Å². The van der Waals surface area contributed by atoms with Crippen LogP contribution in [0.15, 0.2) is 6.07 Å². The summed E-state index contributed by atoms with van der Waals surface area (Å²) in [5, 5.41) is 3.38. The molecule has 0 aliphatic heterocycles. The third kappa shape index (κ3) is 5.40. The summed E-state index contributed by atoms with van der Waals surface area (Å²) in [6, 6.07) is 2.15. The third-order valence-electron chi connectivity index (χ3n) is 3.04. The van der Waals surface area contributed by atoms with Crippen LogP contribution in [0.3, 0.4) is 0 Å². The van der Waals surface area contributed by atoms with Gasteiger partial charge in [0.05, 0.1) is 0 Å². The number of ether oxygens (including phenoxy) is 1. The van der Waals surface area contributed by atoms with E-state index in [9.17, 15) is 0 Å². The second kappa shape index (κ2) is 7.91. The molecule has 0 aliphatic carbocycles. The zero-order chi connectivity index (χ0) is 14.3. The number of nitrogens with zero attached hydrogens (tertiary/aromatic N) is 2. The molecule has 19 heavy (non-hydrogen) atoms. The number of nitrogens with one attached hydrogen (secondary N) is 2. The smallest absolute Gasteiger partial charge is 0.158 e. The number of methoxy groups -OCH3 is 1. The van der Waals surface area contributed by atoms with E-state index in [2.05, 4.69) is 41.5 Å². The number of anilines is 2. The van der Waals surface area contributed by atoms with E-state index in [4.69, 9.17) is 10.6 Å². The molecule has 1 aromatic heterocycles. The van der Waals surface area contributed by atoms with E-state index < -0.39 is 0 Å². The van der Waals surface area contributed by atoms with E-state index in [-0.39, 0.29) is 0 Å². The predicted molar refractivity (Wildman–Crippen MR) is 77.7 cm³/mol. The summed E-state index contributed by atoms with van der Waals surface area (Å²) in [5.74, 6) is 8.06. The molecule has 0 saturated carbocycles. The summed E-state index contributed by atoms with van der Waals surface area (Å²) in [7, 11) is 1.62. The highest BCUT2D eigenvalue weighted by molar-refractivity contribution is 5.47. The van der Waals surface area contributed by atoms with Gasteiger partial charge in [-0.1, -0.05) is 20.3 Å². The summed E-state index contributed by atoms with van der Waals surface area (Å²) < 4.78 is 5.05. The molecule has 4 N–H and O–H groups in total. The van der Waals surface area contributed by atoms with Crippen LogP contribution in [0.5, 0.6) is 0 Å². The van der Waals surface area contributed by atoms with Crippen molar-refractivity contribution in [2.75, 3.05) is 17.9 Å². The van der Waals surface area contributed by atoms with Gasteiger partial charge in [0.25, 0.3) is 0 Å². The molecule has 0 spiro atoms. The molecular weight excluding hydrogens is 242 g/mol. The second-order valence-corrected chi connectivity index (χ2v) is 4.93. The van der Waals surface area contributed by atoms with Crippen LogP contribution >= 0.6 is 0 Å². The molecule has 108 valence electrons. The first-order valence-corrected chi connectivity index (χ1v) is 6.69. The third-order valence-corrected chi connectivity index (χ3v) is 3.04. The van der Waals surface area contributed by atoms with Crippen molar-refractivity contribution in [2.24, 2.45) is 11.8 Å². The molecule has 6 heteroatoms. The molecule has 1 heterocycles. The maximum Gasteiger partial charge on any atom is 0.158 e. The zero-order valence-electron chi connectivity index (χ0n) is 12.2. The van der Waals surface area contributed by atoms with E-state index >= 15 is 0 Å². The van der Waals surface area contributed by atoms with Crippen LogP contribution in [-0.2, 0) is 11.3 Å². The van der Waals surface area contributed by atoms with Gasteiger partial charge >= 0.3 is 0 Å². The lowest BCUT2D eigenvalue weighted by atomic mass is 10.0. The van der Waals surface area contributed by atoms with Crippen molar-refractivity contribution in [3.8, 4) is 0 Å². The Morgan fingerprint density at radius 3 is 2.58 bits per heavy atom. The summed E-state index contributed by atoms with van der Waals surface area (Å²) in [5.41, 5.74) is 2.54. The molecule has 6 nitrogen and oxygen atoms in total. The zero-order valence-corrected chi connectivity index (χ0v) is 12.2. The molecule has 2 atom stereocenters. The van der Waals surface area contributed by atoms with E-state index in [0.717, 1.165) is 12.2 Å². The van der Waals surface area contributed by atoms with Gasteiger partial charge in [0, 0.05) is 19.2 Å². The summed E-state index contributed by atoms with van der Waals surface area (Å²) >= 11 is 0. The van der Waals surface area contributed by atoms with Crippen molar-refractivity contribution >= 4 is 11.6 Å². The summed E-state index contributed by atoms with van der Waals surface area (Å²) in [6.07, 6.45) is 2.28. The first kappa shape index (κ1) is 15.7. The molecule has 1 aromatic rings. The maximum atomic E-state index is 5.41. The molecular formula is C13H25N5O. The summed E-state index contributed by atoms with van der Waals surface area (Å²) in [4.78, 5) is 8.62. The van der Waals surface area contributed by atoms with Gasteiger partial charge in [0.15, 0.2) is 5.82 Å². The lowest BCUT2D eigenvalue weighted by Crippen LogP contribution is -2.20. The molecule has 0 radical (unpaired) electrons. The maximum absolute atomic E-state index is 5.41. The number of rotatable bonds is 8. The Hall–Kier alpha value is -1.40. The minimum absolute atomic E-state index is 0.353. The first-order valence-electron chi connectivity index (χ1n) is 6.69. The van der Waals surface area contributed by atoms with Crippen molar-refractivity contribution in [1.29, 1.82) is 0 Å². The lowest BCUT2D eigenvalue weighted by Gasteiger charge is -2.18. The standard InChI is InChI=1S/C13H25N5O/c1-5-9(2)6-10(3)15-11-7-12(18-14)17-13(16-11)8-19-4/h7,9-10H,5-6,8,14H2,1-4H3,(H2,15,16,17,18). The van der Waals surface area contributed by atoms with Crippen molar-refractivity contribution in [1.82, 2.24) is 9.97 Å². The average Bonchev–Trinajstić information content (AvgIpc) is 2.38. The normalized spacial score (nSPS) is 13.9. The van der Waals surface area contributed by atoms with E-state index in [1.165, 1.54) is 6.42 Å². The van der Waals surface area contributed by atoms with Crippen LogP contribution in [0.4, 0.5) is 11.6 Å². The number of hydrogen-bond donors (Lipinski definition) is 3. The molecule has 0 aromatic carbocycles. The quantitative estimate of drug-likeness (QED) is 0.494. The highest BCUT2D eigenvalue weighted by Gasteiger charge is 2.10. The minimum Gasteiger partial charge on any atom is -0.377 e. The Balaban J connectivity index is 2.73. The monoisotopic (exact) mass is 267 g/mol. The van der Waals surface area contributed by atoms with Gasteiger partial charge in [-0.05, 0) is 19.3 Å². The Bertz CT molecular complexity index is 385. The second-order valence-electron chi connectivity index (χ2n) is 4.93. The van der Waals surface area contributed by atoms with E-state index in [0.29, 0.717) is 30.2 Å². The van der Waals surface area contributed by atoms with Gasteiger partial charge < -0.3 is 15.5 Å². The van der Waals surface area contributed by atoms with Crippen LogP contribution in [0.1, 0.15) is 39.4 Å². The molecule has 0 saturated heterocycles. The number of nitrogen functional groups attached to an aromatic ring is 1. The summed E-state index contributed by atoms with van der Waals surface area (Å²) in [6.45, 7) is 6.97. The Morgan fingerprint density at radius 2 is 2.00 bits per heavy atom. The molecule has 0 amide bonds. The highest BCUT2D eigenvalue weighted by Crippen LogP contribution is 2.16. The van der Waals surface area contributed by atoms with E-state index in [1.54, 1.807) is 13.2 Å². The number of hydrogen-bond acceptors (Lipinski definition) is 6. The Morgan fingerprint density at radius 1 is 1.32 bits per heavy atom. The number of nitrogens with two attached hydrogens (primary N) is 1. The fourth-order valence-corrected chi connectivity index (χ4v) is 1.92. The van der Waals surface area contributed by atoms with Crippen molar-refractivity contribution in [3.05, 3.63) is 11.9 Å². The fourth-order valence-electron chi connectivity index (χ4n) is 1.92. The van der Waals surface area contributed by atoms with Crippen LogP contribution in [0.25, 0.3) is 0 Å². The number of hydrazine groups is 1. The van der Waals surface area contributed by atoms with Gasteiger partial charge in [0.1, 0.15) is 18.2 Å². The largest absolute Gasteiger partial charge is 0.377 e. The van der Waals surface area contributed by atoms with Gasteiger partial charge in [0.2, 0.25) is 0 Å². The highest BCUT2D eigenvalue weighted by atomic mass is 16.5. The number of aromatic nitrogens is 2. The fraction of sp³-hybridized carbons (Fsp3) is 0.692. The Labute approximate surface area is 115 Å². The van der Waals surface area contributed by atoms with E-state index in [1.807, 2.05) is 0 Å². The molecule has 0 aliphatic rings. The van der Waals surface area contributed by atoms with Gasteiger partial charge in [-0.15, -0.1) is 0 Å². The molecule has 0 fully saturated rings. The van der Waals surface area contributed by atoms with Gasteiger partial charge in [-0.2, -0.15) is 0 Å².